The van der Waals surface area contributed by atoms with Gasteiger partial charge in [0.15, 0.2) is 0 Å². The van der Waals surface area contributed by atoms with Crippen LogP contribution in [-0.2, 0) is 16.6 Å². The predicted molar refractivity (Wildman–Crippen MR) is 80.4 cm³/mol. The minimum atomic E-state index is -3.20. The average molecular weight is 347 g/mol. The van der Waals surface area contributed by atoms with E-state index in [1.807, 2.05) is 24.3 Å². The average Bonchev–Trinajstić information content (AvgIpc) is 2.37. The van der Waals surface area contributed by atoms with Crippen molar-refractivity contribution in [1.29, 1.82) is 0 Å². The first-order valence-corrected chi connectivity index (χ1v) is 8.92. The van der Waals surface area contributed by atoms with Gasteiger partial charge in [0.1, 0.15) is 0 Å². The first-order valence-electron chi connectivity index (χ1n) is 6.48. The van der Waals surface area contributed by atoms with Crippen LogP contribution in [0.15, 0.2) is 28.7 Å². The molecule has 1 aromatic carbocycles. The zero-order valence-electron chi connectivity index (χ0n) is 10.7. The zero-order valence-corrected chi connectivity index (χ0v) is 13.1. The van der Waals surface area contributed by atoms with Crippen LogP contribution in [0.25, 0.3) is 0 Å². The topological polar surface area (TPSA) is 58.2 Å². The van der Waals surface area contributed by atoms with E-state index in [4.69, 9.17) is 0 Å². The van der Waals surface area contributed by atoms with E-state index >= 15 is 0 Å². The number of hydrogen-bond donors (Lipinski definition) is 2. The maximum Gasteiger partial charge on any atom is 0.212 e. The summed E-state index contributed by atoms with van der Waals surface area (Å²) in [6.07, 6.45) is 2.05. The Morgan fingerprint density at radius 3 is 2.95 bits per heavy atom. The van der Waals surface area contributed by atoms with E-state index in [2.05, 4.69) is 26.0 Å². The van der Waals surface area contributed by atoms with Gasteiger partial charge in [0.25, 0.3) is 0 Å². The Kier molecular flexibility index (Phi) is 5.38. The quantitative estimate of drug-likeness (QED) is 0.855. The molecule has 1 unspecified atom stereocenters. The Morgan fingerprint density at radius 2 is 2.26 bits per heavy atom. The zero-order chi connectivity index (χ0) is 13.7. The summed E-state index contributed by atoms with van der Waals surface area (Å²) < 4.78 is 27.6. The standard InChI is InChI=1S/C13H19BrN2O2S/c14-13-5-1-3-11(7-13)9-16-19(17,18)10-12-4-2-6-15-8-12/h1,3,5,7,12,15-16H,2,4,6,8-10H2. The second-order valence-corrected chi connectivity index (χ2v) is 7.71. The summed E-state index contributed by atoms with van der Waals surface area (Å²) in [7, 11) is -3.20. The van der Waals surface area contributed by atoms with E-state index in [1.165, 1.54) is 0 Å². The lowest BCUT2D eigenvalue weighted by Crippen LogP contribution is -2.37. The Morgan fingerprint density at radius 1 is 1.42 bits per heavy atom. The summed E-state index contributed by atoms with van der Waals surface area (Å²) >= 11 is 3.38. The van der Waals surface area contributed by atoms with Crippen molar-refractivity contribution < 1.29 is 8.42 Å². The molecule has 0 spiro atoms. The third-order valence-electron chi connectivity index (χ3n) is 3.24. The second-order valence-electron chi connectivity index (χ2n) is 4.94. The van der Waals surface area contributed by atoms with Gasteiger partial charge in [-0.25, -0.2) is 13.1 Å². The summed E-state index contributed by atoms with van der Waals surface area (Å²) in [6, 6.07) is 7.66. The first kappa shape index (κ1) is 15.0. The first-order chi connectivity index (χ1) is 9.05. The van der Waals surface area contributed by atoms with Gasteiger partial charge < -0.3 is 5.32 Å². The van der Waals surface area contributed by atoms with E-state index in [-0.39, 0.29) is 11.7 Å². The molecule has 6 heteroatoms. The molecule has 0 amide bonds. The Bertz CT molecular complexity index is 513. The highest BCUT2D eigenvalue weighted by atomic mass is 79.9. The third kappa shape index (κ3) is 5.22. The number of rotatable bonds is 5. The van der Waals surface area contributed by atoms with Crippen LogP contribution in [0.1, 0.15) is 18.4 Å². The fourth-order valence-corrected chi connectivity index (χ4v) is 4.13. The van der Waals surface area contributed by atoms with Crippen LogP contribution in [0.2, 0.25) is 0 Å². The van der Waals surface area contributed by atoms with Gasteiger partial charge in [-0.2, -0.15) is 0 Å². The molecule has 1 aliphatic heterocycles. The van der Waals surface area contributed by atoms with E-state index in [1.54, 1.807) is 0 Å². The Labute approximate surface area is 123 Å². The van der Waals surface area contributed by atoms with Gasteiger partial charge in [-0.1, -0.05) is 28.1 Å². The van der Waals surface area contributed by atoms with Gasteiger partial charge >= 0.3 is 0 Å². The molecule has 1 heterocycles. The Balaban J connectivity index is 1.86. The van der Waals surface area contributed by atoms with Crippen LogP contribution in [0, 0.1) is 5.92 Å². The molecule has 19 heavy (non-hydrogen) atoms. The summed E-state index contributed by atoms with van der Waals surface area (Å²) in [5.74, 6) is 0.447. The molecule has 0 aliphatic carbocycles. The van der Waals surface area contributed by atoms with Crippen molar-refractivity contribution in [2.45, 2.75) is 19.4 Å². The molecule has 0 saturated carbocycles. The maximum atomic E-state index is 12.0. The number of nitrogens with one attached hydrogen (secondary N) is 2. The molecule has 2 rings (SSSR count). The molecule has 1 fully saturated rings. The van der Waals surface area contributed by atoms with E-state index in [0.29, 0.717) is 6.54 Å². The van der Waals surface area contributed by atoms with Gasteiger partial charge in [-0.05, 0) is 49.5 Å². The summed E-state index contributed by atoms with van der Waals surface area (Å²) in [5, 5.41) is 3.24. The van der Waals surface area contributed by atoms with Gasteiger partial charge in [0.05, 0.1) is 5.75 Å². The molecular weight excluding hydrogens is 328 g/mol. The minimum absolute atomic E-state index is 0.216. The van der Waals surface area contributed by atoms with Crippen molar-refractivity contribution in [3.8, 4) is 0 Å². The van der Waals surface area contributed by atoms with Crippen LogP contribution < -0.4 is 10.0 Å². The van der Waals surface area contributed by atoms with Crippen molar-refractivity contribution >= 4 is 26.0 Å². The van der Waals surface area contributed by atoms with Crippen LogP contribution in [0.5, 0.6) is 0 Å². The van der Waals surface area contributed by atoms with Gasteiger partial charge in [0.2, 0.25) is 10.0 Å². The van der Waals surface area contributed by atoms with Gasteiger partial charge in [0, 0.05) is 11.0 Å². The van der Waals surface area contributed by atoms with Crippen LogP contribution in [0.4, 0.5) is 0 Å². The van der Waals surface area contributed by atoms with Crippen molar-refractivity contribution in [2.75, 3.05) is 18.8 Å². The van der Waals surface area contributed by atoms with Crippen LogP contribution in [0.3, 0.4) is 0 Å². The lowest BCUT2D eigenvalue weighted by Gasteiger charge is -2.22. The summed E-state index contributed by atoms with van der Waals surface area (Å²) in [6.45, 7) is 2.15. The predicted octanol–water partition coefficient (Wildman–Crippen LogP) is 1.87. The van der Waals surface area contributed by atoms with Crippen LogP contribution >= 0.6 is 15.9 Å². The van der Waals surface area contributed by atoms with Gasteiger partial charge in [-0.3, -0.25) is 0 Å². The molecule has 0 radical (unpaired) electrons. The molecule has 2 N–H and O–H groups in total. The molecular formula is C13H19BrN2O2S. The fourth-order valence-electron chi connectivity index (χ4n) is 2.28. The van der Waals surface area contributed by atoms with E-state index in [9.17, 15) is 8.42 Å². The molecule has 1 saturated heterocycles. The molecule has 1 aliphatic rings. The molecule has 1 aromatic rings. The summed E-state index contributed by atoms with van der Waals surface area (Å²) in [4.78, 5) is 0. The SMILES string of the molecule is O=S(=O)(CC1CCCNC1)NCc1cccc(Br)c1. The second kappa shape index (κ2) is 6.83. The molecule has 0 bridgehead atoms. The Hall–Kier alpha value is -0.430. The fraction of sp³-hybridized carbons (Fsp3) is 0.538. The largest absolute Gasteiger partial charge is 0.316 e. The lowest BCUT2D eigenvalue weighted by atomic mass is 10.0. The number of piperidine rings is 1. The normalized spacial score (nSPS) is 20.4. The van der Waals surface area contributed by atoms with Crippen molar-refractivity contribution in [1.82, 2.24) is 10.0 Å². The number of sulfonamides is 1. The van der Waals surface area contributed by atoms with Crippen molar-refractivity contribution in [2.24, 2.45) is 5.92 Å². The molecule has 1 atom stereocenters. The lowest BCUT2D eigenvalue weighted by molar-refractivity contribution is 0.402. The number of halogens is 1. The summed E-state index contributed by atoms with van der Waals surface area (Å²) in [5.41, 5.74) is 0.958. The van der Waals surface area contributed by atoms with Crippen LogP contribution in [-0.4, -0.2) is 27.3 Å². The highest BCUT2D eigenvalue weighted by molar-refractivity contribution is 9.10. The smallest absolute Gasteiger partial charge is 0.212 e. The number of hydrogen-bond acceptors (Lipinski definition) is 3. The third-order valence-corrected chi connectivity index (χ3v) is 5.23. The maximum absolute atomic E-state index is 12.0. The monoisotopic (exact) mass is 346 g/mol. The van der Waals surface area contributed by atoms with E-state index in [0.717, 1.165) is 36.0 Å². The van der Waals surface area contributed by atoms with Crippen molar-refractivity contribution in [3.63, 3.8) is 0 Å². The highest BCUT2D eigenvalue weighted by Crippen LogP contribution is 2.14. The van der Waals surface area contributed by atoms with Gasteiger partial charge in [-0.15, -0.1) is 0 Å². The van der Waals surface area contributed by atoms with E-state index < -0.39 is 10.0 Å². The molecule has 4 nitrogen and oxygen atoms in total. The highest BCUT2D eigenvalue weighted by Gasteiger charge is 2.20. The number of benzene rings is 1. The minimum Gasteiger partial charge on any atom is -0.316 e. The molecule has 0 aromatic heterocycles. The molecule has 106 valence electrons. The van der Waals surface area contributed by atoms with Crippen molar-refractivity contribution in [3.05, 3.63) is 34.3 Å².